The second-order valence-electron chi connectivity index (χ2n) is 1.63. The van der Waals surface area contributed by atoms with Gasteiger partial charge in [0.05, 0.1) is 6.26 Å². The molecule has 0 amide bonds. The van der Waals surface area contributed by atoms with Gasteiger partial charge in [-0.05, 0) is 24.1 Å². The largest absolute Gasteiger partial charge is 0.497 e. The van der Waals surface area contributed by atoms with Gasteiger partial charge in [-0.15, -0.1) is 0 Å². The highest BCUT2D eigenvalue weighted by Crippen LogP contribution is 2.04. The van der Waals surface area contributed by atoms with Crippen LogP contribution in [0.4, 0.5) is 0 Å². The topological polar surface area (TPSA) is 9.23 Å². The van der Waals surface area contributed by atoms with E-state index in [4.69, 9.17) is 4.74 Å². The van der Waals surface area contributed by atoms with Gasteiger partial charge in [-0.25, -0.2) is 0 Å². The van der Waals surface area contributed by atoms with Crippen molar-refractivity contribution in [1.82, 2.24) is 0 Å². The fraction of sp³-hybridized carbons (Fsp3) is 0.286. The zero-order valence-corrected chi connectivity index (χ0v) is 4.92. The Morgan fingerprint density at radius 2 is 2.62 bits per heavy atom. The van der Waals surface area contributed by atoms with E-state index in [2.05, 4.69) is 6.42 Å². The predicted molar refractivity (Wildman–Crippen MR) is 33.1 cm³/mol. The number of allylic oxidation sites excluding steroid dienone is 2. The monoisotopic (exact) mass is 109 g/mol. The van der Waals surface area contributed by atoms with E-state index in [1.165, 1.54) is 5.57 Å². The molecule has 0 saturated heterocycles. The van der Waals surface area contributed by atoms with Gasteiger partial charge in [0.15, 0.2) is 0 Å². The molecule has 0 aromatic carbocycles. The molecule has 1 aliphatic heterocycles. The molecule has 0 fully saturated rings. The minimum atomic E-state index is 0.718. The van der Waals surface area contributed by atoms with Crippen LogP contribution in [0.2, 0.25) is 0 Å². The lowest BCUT2D eigenvalue weighted by atomic mass is 10.2. The molecule has 0 unspecified atom stereocenters. The Morgan fingerprint density at radius 3 is 3.00 bits per heavy atom. The standard InChI is InChI=1S/C7H9O/c1-2-7-3-5-8-6-4-7/h2-5H,6H2,1H3. The molecule has 1 nitrogen and oxygen atoms in total. The summed E-state index contributed by atoms with van der Waals surface area (Å²) >= 11 is 0. The molecule has 0 spiro atoms. The van der Waals surface area contributed by atoms with Gasteiger partial charge in [0.2, 0.25) is 0 Å². The van der Waals surface area contributed by atoms with Gasteiger partial charge in [-0.1, -0.05) is 6.92 Å². The van der Waals surface area contributed by atoms with Gasteiger partial charge < -0.3 is 4.74 Å². The second kappa shape index (κ2) is 2.55. The molecular formula is C7H9O. The number of hydrogen-bond donors (Lipinski definition) is 0. The molecule has 43 valence electrons. The summed E-state index contributed by atoms with van der Waals surface area (Å²) in [6.45, 7) is 2.73. The van der Waals surface area contributed by atoms with Crippen molar-refractivity contribution in [3.63, 3.8) is 0 Å². The van der Waals surface area contributed by atoms with E-state index in [1.807, 2.05) is 19.1 Å². The maximum absolute atomic E-state index is 4.92. The summed E-state index contributed by atoms with van der Waals surface area (Å²) in [6.07, 6.45) is 7.76. The third-order valence-corrected chi connectivity index (χ3v) is 1.11. The van der Waals surface area contributed by atoms with E-state index < -0.39 is 0 Å². The number of rotatable bonds is 1. The molecular weight excluding hydrogens is 100 g/mol. The molecule has 0 N–H and O–H groups in total. The Kier molecular flexibility index (Phi) is 1.73. The first-order chi connectivity index (χ1) is 3.93. The van der Waals surface area contributed by atoms with Crippen LogP contribution < -0.4 is 0 Å². The van der Waals surface area contributed by atoms with Gasteiger partial charge in [0, 0.05) is 0 Å². The quantitative estimate of drug-likeness (QED) is 0.497. The molecule has 1 heterocycles. The lowest BCUT2D eigenvalue weighted by Gasteiger charge is -2.03. The van der Waals surface area contributed by atoms with E-state index in [-0.39, 0.29) is 0 Å². The van der Waals surface area contributed by atoms with Crippen LogP contribution >= 0.6 is 0 Å². The van der Waals surface area contributed by atoms with E-state index in [9.17, 15) is 0 Å². The van der Waals surface area contributed by atoms with Crippen molar-refractivity contribution in [3.8, 4) is 0 Å². The van der Waals surface area contributed by atoms with Crippen molar-refractivity contribution in [2.75, 3.05) is 6.61 Å². The average Bonchev–Trinajstić information content (AvgIpc) is 1.90. The minimum absolute atomic E-state index is 0.718. The van der Waals surface area contributed by atoms with Crippen LogP contribution in [0, 0.1) is 6.42 Å². The van der Waals surface area contributed by atoms with Gasteiger partial charge >= 0.3 is 0 Å². The smallest absolute Gasteiger partial charge is 0.106 e. The van der Waals surface area contributed by atoms with Gasteiger partial charge in [-0.3, -0.25) is 0 Å². The maximum Gasteiger partial charge on any atom is 0.106 e. The van der Waals surface area contributed by atoms with Crippen LogP contribution in [0.25, 0.3) is 0 Å². The SMILES string of the molecule is C[CH]C1=CCOC=C1. The fourth-order valence-electron chi connectivity index (χ4n) is 0.609. The summed E-state index contributed by atoms with van der Waals surface area (Å²) in [7, 11) is 0. The zero-order chi connectivity index (χ0) is 5.82. The molecule has 1 rings (SSSR count). The van der Waals surface area contributed by atoms with Crippen LogP contribution in [-0.4, -0.2) is 6.61 Å². The molecule has 1 radical (unpaired) electrons. The van der Waals surface area contributed by atoms with Crippen LogP contribution in [0.3, 0.4) is 0 Å². The van der Waals surface area contributed by atoms with E-state index in [0.717, 1.165) is 6.61 Å². The normalized spacial score (nSPS) is 17.4. The molecule has 8 heavy (non-hydrogen) atoms. The Morgan fingerprint density at radius 1 is 1.75 bits per heavy atom. The Bertz CT molecular complexity index is 122. The van der Waals surface area contributed by atoms with Crippen LogP contribution in [0.1, 0.15) is 6.92 Å². The maximum atomic E-state index is 4.92. The molecule has 1 heteroatoms. The first-order valence-electron chi connectivity index (χ1n) is 2.71. The van der Waals surface area contributed by atoms with Crippen molar-refractivity contribution in [2.45, 2.75) is 6.92 Å². The van der Waals surface area contributed by atoms with Crippen molar-refractivity contribution in [1.29, 1.82) is 0 Å². The summed E-state index contributed by atoms with van der Waals surface area (Å²) in [6, 6.07) is 0. The molecule has 1 aliphatic rings. The van der Waals surface area contributed by atoms with Crippen molar-refractivity contribution < 1.29 is 4.74 Å². The highest BCUT2D eigenvalue weighted by Gasteiger charge is 1.91. The Labute approximate surface area is 49.7 Å². The average molecular weight is 109 g/mol. The van der Waals surface area contributed by atoms with E-state index in [1.54, 1.807) is 6.26 Å². The number of hydrogen-bond acceptors (Lipinski definition) is 1. The predicted octanol–water partition coefficient (Wildman–Crippen LogP) is 1.68. The van der Waals surface area contributed by atoms with Crippen LogP contribution in [0.15, 0.2) is 24.0 Å². The summed E-state index contributed by atoms with van der Waals surface area (Å²) in [5.41, 5.74) is 1.25. The second-order valence-corrected chi connectivity index (χ2v) is 1.63. The summed E-state index contributed by atoms with van der Waals surface area (Å²) in [5.74, 6) is 0. The summed E-state index contributed by atoms with van der Waals surface area (Å²) in [4.78, 5) is 0. The van der Waals surface area contributed by atoms with Crippen molar-refractivity contribution in [3.05, 3.63) is 30.4 Å². The first kappa shape index (κ1) is 5.42. The summed E-state index contributed by atoms with van der Waals surface area (Å²) < 4.78 is 4.92. The first-order valence-corrected chi connectivity index (χ1v) is 2.71. The third-order valence-electron chi connectivity index (χ3n) is 1.11. The van der Waals surface area contributed by atoms with Crippen molar-refractivity contribution in [2.24, 2.45) is 0 Å². The van der Waals surface area contributed by atoms with E-state index in [0.29, 0.717) is 0 Å². The van der Waals surface area contributed by atoms with Gasteiger partial charge in [0.1, 0.15) is 6.61 Å². The van der Waals surface area contributed by atoms with Gasteiger partial charge in [-0.2, -0.15) is 0 Å². The van der Waals surface area contributed by atoms with E-state index >= 15 is 0 Å². The molecule has 0 aromatic rings. The van der Waals surface area contributed by atoms with Crippen LogP contribution in [-0.2, 0) is 4.74 Å². The third kappa shape index (κ3) is 1.12. The lowest BCUT2D eigenvalue weighted by Crippen LogP contribution is -1.90. The Balaban J connectivity index is 2.51. The van der Waals surface area contributed by atoms with Crippen molar-refractivity contribution >= 4 is 0 Å². The molecule has 0 aromatic heterocycles. The highest BCUT2D eigenvalue weighted by atomic mass is 16.5. The molecule has 0 atom stereocenters. The Hall–Kier alpha value is -0.720. The highest BCUT2D eigenvalue weighted by molar-refractivity contribution is 5.26. The lowest BCUT2D eigenvalue weighted by molar-refractivity contribution is 0.284. The minimum Gasteiger partial charge on any atom is -0.497 e. The molecule has 0 aliphatic carbocycles. The summed E-state index contributed by atoms with van der Waals surface area (Å²) in [5, 5.41) is 0. The molecule has 0 bridgehead atoms. The fourth-order valence-corrected chi connectivity index (χ4v) is 0.609. The van der Waals surface area contributed by atoms with Gasteiger partial charge in [0.25, 0.3) is 0 Å². The number of ether oxygens (including phenoxy) is 1. The van der Waals surface area contributed by atoms with Crippen LogP contribution in [0.5, 0.6) is 0 Å². The molecule has 0 saturated carbocycles. The zero-order valence-electron chi connectivity index (χ0n) is 4.92.